The lowest BCUT2D eigenvalue weighted by molar-refractivity contribution is -0.143. The summed E-state index contributed by atoms with van der Waals surface area (Å²) in [5.41, 5.74) is 3.75. The van der Waals surface area contributed by atoms with Gasteiger partial charge in [-0.15, -0.1) is 10.2 Å². The summed E-state index contributed by atoms with van der Waals surface area (Å²) in [7, 11) is 0. The molecule has 0 saturated heterocycles. The molecule has 1 unspecified atom stereocenters. The molecule has 1 aromatic carbocycles. The average molecular weight is 404 g/mol. The topological polar surface area (TPSA) is 89.6 Å². The third-order valence-corrected chi connectivity index (χ3v) is 4.90. The first-order chi connectivity index (χ1) is 13.9. The highest BCUT2D eigenvalue weighted by Gasteiger charge is 2.26. The van der Waals surface area contributed by atoms with Gasteiger partial charge in [0, 0.05) is 11.5 Å². The molecule has 0 fully saturated rings. The molecule has 0 radical (unpaired) electrons. The van der Waals surface area contributed by atoms with Gasteiger partial charge in [-0.25, -0.2) is 13.8 Å². The minimum Gasteiger partial charge on any atom is -0.466 e. The fourth-order valence-corrected chi connectivity index (χ4v) is 3.34. The Kier molecular flexibility index (Phi) is 6.17. The Morgan fingerprint density at radius 2 is 2.03 bits per heavy atom. The number of aliphatic hydroxyl groups is 1. The zero-order valence-electron chi connectivity index (χ0n) is 16.4. The lowest BCUT2D eigenvalue weighted by Crippen LogP contribution is -2.15. The molecule has 3 aromatic rings. The van der Waals surface area contributed by atoms with Crippen molar-refractivity contribution in [3.05, 3.63) is 58.3 Å². The number of aliphatic hydroxyl groups excluding tert-OH is 1. The Hall–Kier alpha value is -2.94. The van der Waals surface area contributed by atoms with Crippen LogP contribution in [0.25, 0.3) is 5.65 Å². The largest absolute Gasteiger partial charge is 0.466 e. The molecule has 0 amide bonds. The van der Waals surface area contributed by atoms with Gasteiger partial charge < -0.3 is 9.84 Å². The van der Waals surface area contributed by atoms with Gasteiger partial charge in [-0.1, -0.05) is 18.2 Å². The number of ether oxygens (including phenoxy) is 1. The maximum absolute atomic E-state index is 13.1. The van der Waals surface area contributed by atoms with Gasteiger partial charge in [-0.2, -0.15) is 0 Å². The van der Waals surface area contributed by atoms with Crippen molar-refractivity contribution in [2.75, 3.05) is 6.61 Å². The van der Waals surface area contributed by atoms with Crippen LogP contribution in [-0.2, 0) is 16.1 Å². The van der Waals surface area contributed by atoms with Gasteiger partial charge in [-0.3, -0.25) is 9.20 Å². The van der Waals surface area contributed by atoms with Crippen molar-refractivity contribution in [1.29, 1.82) is 0 Å². The van der Waals surface area contributed by atoms with E-state index in [1.165, 1.54) is 6.33 Å². The van der Waals surface area contributed by atoms with Crippen molar-refractivity contribution in [3.8, 4) is 0 Å². The van der Waals surface area contributed by atoms with Crippen molar-refractivity contribution in [2.24, 2.45) is 0 Å². The van der Waals surface area contributed by atoms with E-state index >= 15 is 0 Å². The number of halogens is 2. The fraction of sp³-hybridized carbons (Fsp3) is 0.400. The highest BCUT2D eigenvalue weighted by atomic mass is 19.3. The van der Waals surface area contributed by atoms with E-state index in [0.717, 1.165) is 21.1 Å². The Balaban J connectivity index is 2.13. The van der Waals surface area contributed by atoms with Crippen molar-refractivity contribution in [1.82, 2.24) is 19.6 Å². The minimum atomic E-state index is -2.78. The number of nitrogens with zero attached hydrogens (tertiary/aromatic N) is 4. The summed E-state index contributed by atoms with van der Waals surface area (Å²) < 4.78 is 32.5. The Labute approximate surface area is 166 Å². The molecule has 1 atom stereocenters. The van der Waals surface area contributed by atoms with Crippen molar-refractivity contribution in [2.45, 2.75) is 46.1 Å². The van der Waals surface area contributed by atoms with Crippen LogP contribution in [0.5, 0.6) is 0 Å². The Morgan fingerprint density at radius 1 is 1.28 bits per heavy atom. The average Bonchev–Trinajstić information content (AvgIpc) is 3.13. The molecule has 0 bridgehead atoms. The molecule has 1 N–H and O–H groups in total. The monoisotopic (exact) mass is 404 g/mol. The highest BCUT2D eigenvalue weighted by Crippen LogP contribution is 2.32. The van der Waals surface area contributed by atoms with E-state index in [2.05, 4.69) is 15.2 Å². The molecule has 7 nitrogen and oxygen atoms in total. The number of fused-ring (bicyclic) bond motifs is 1. The van der Waals surface area contributed by atoms with Crippen molar-refractivity contribution >= 4 is 11.6 Å². The van der Waals surface area contributed by atoms with Gasteiger partial charge >= 0.3 is 5.97 Å². The number of carbonyl (C=O) groups excluding carboxylic acids is 1. The molecule has 9 heteroatoms. The van der Waals surface area contributed by atoms with Crippen LogP contribution in [0.2, 0.25) is 0 Å². The molecule has 0 aliphatic rings. The van der Waals surface area contributed by atoms with E-state index in [1.807, 2.05) is 25.1 Å². The molecule has 0 saturated carbocycles. The molecule has 2 heterocycles. The van der Waals surface area contributed by atoms with Crippen LogP contribution in [0.3, 0.4) is 0 Å². The van der Waals surface area contributed by atoms with Crippen LogP contribution in [0, 0.1) is 13.8 Å². The van der Waals surface area contributed by atoms with Gasteiger partial charge in [0.05, 0.1) is 25.3 Å². The van der Waals surface area contributed by atoms with E-state index in [-0.39, 0.29) is 25.3 Å². The number of aryl methyl sites for hydroxylation is 2. The predicted molar refractivity (Wildman–Crippen MR) is 101 cm³/mol. The third kappa shape index (κ3) is 4.09. The number of alkyl halides is 2. The Morgan fingerprint density at radius 3 is 2.69 bits per heavy atom. The quantitative estimate of drug-likeness (QED) is 0.608. The summed E-state index contributed by atoms with van der Waals surface area (Å²) in [6.07, 6.45) is -1.52. The maximum atomic E-state index is 13.1. The predicted octanol–water partition coefficient (Wildman–Crippen LogP) is 3.26. The summed E-state index contributed by atoms with van der Waals surface area (Å²) >= 11 is 0. The third-order valence-electron chi connectivity index (χ3n) is 4.90. The number of carbonyl (C=O) groups is 1. The van der Waals surface area contributed by atoms with E-state index in [9.17, 15) is 18.7 Å². The second-order valence-corrected chi connectivity index (χ2v) is 6.71. The van der Waals surface area contributed by atoms with Gasteiger partial charge in [0.1, 0.15) is 6.33 Å². The number of hydrogen-bond donors (Lipinski definition) is 1. The van der Waals surface area contributed by atoms with Crippen molar-refractivity contribution in [3.63, 3.8) is 0 Å². The van der Waals surface area contributed by atoms with E-state index in [4.69, 9.17) is 4.74 Å². The lowest BCUT2D eigenvalue weighted by Gasteiger charge is -2.20. The summed E-state index contributed by atoms with van der Waals surface area (Å²) in [4.78, 5) is 16.6. The van der Waals surface area contributed by atoms with Crippen LogP contribution < -0.4 is 0 Å². The zero-order valence-corrected chi connectivity index (χ0v) is 16.4. The first-order valence-corrected chi connectivity index (χ1v) is 9.21. The molecule has 0 aliphatic carbocycles. The second kappa shape index (κ2) is 8.60. The van der Waals surface area contributed by atoms with Crippen LogP contribution in [-0.4, -0.2) is 37.3 Å². The molecule has 154 valence electrons. The van der Waals surface area contributed by atoms with Crippen LogP contribution >= 0.6 is 0 Å². The van der Waals surface area contributed by atoms with Crippen LogP contribution in [0.15, 0.2) is 24.5 Å². The minimum absolute atomic E-state index is 0.0155. The maximum Gasteiger partial charge on any atom is 0.306 e. The molecule has 29 heavy (non-hydrogen) atoms. The van der Waals surface area contributed by atoms with E-state index in [0.29, 0.717) is 11.3 Å². The summed E-state index contributed by atoms with van der Waals surface area (Å²) in [5.74, 6) is -1.38. The van der Waals surface area contributed by atoms with Gasteiger partial charge in [0.2, 0.25) is 5.82 Å². The number of esters is 1. The first-order valence-electron chi connectivity index (χ1n) is 9.21. The smallest absolute Gasteiger partial charge is 0.306 e. The number of rotatable bonds is 7. The highest BCUT2D eigenvalue weighted by molar-refractivity contribution is 5.71. The molecular formula is C20H22F2N4O3. The SMILES string of the molecule is CCOC(=O)CC(c1ccc(C)c(CO)c1)c1ncn2c(C(F)F)nnc2c1C. The second-order valence-electron chi connectivity index (χ2n) is 6.71. The van der Waals surface area contributed by atoms with Crippen LogP contribution in [0.4, 0.5) is 8.78 Å². The van der Waals surface area contributed by atoms with E-state index in [1.54, 1.807) is 13.8 Å². The van der Waals surface area contributed by atoms with Gasteiger partial charge in [-0.05, 0) is 37.5 Å². The molecule has 2 aromatic heterocycles. The number of aromatic nitrogens is 4. The van der Waals surface area contributed by atoms with Gasteiger partial charge in [0.25, 0.3) is 6.43 Å². The summed E-state index contributed by atoms with van der Waals surface area (Å²) in [6.45, 7) is 5.42. The standard InChI is InChI=1S/C20H22F2N4O3/c1-4-29-16(28)8-15(13-6-5-11(2)14(7-13)9-27)17-12(3)19-24-25-20(18(21)22)26(19)10-23-17/h5-7,10,15,18,27H,4,8-9H2,1-3H3. The Bertz CT molecular complexity index is 1040. The summed E-state index contributed by atoms with van der Waals surface area (Å²) in [5, 5.41) is 17.0. The molecule has 0 spiro atoms. The first kappa shape index (κ1) is 20.8. The molecule has 0 aliphatic heterocycles. The molecular weight excluding hydrogens is 382 g/mol. The number of benzene rings is 1. The van der Waals surface area contributed by atoms with Gasteiger partial charge in [0.15, 0.2) is 5.65 Å². The number of hydrogen-bond acceptors (Lipinski definition) is 6. The van der Waals surface area contributed by atoms with E-state index < -0.39 is 24.1 Å². The normalized spacial score (nSPS) is 12.5. The fourth-order valence-electron chi connectivity index (χ4n) is 3.34. The molecule has 3 rings (SSSR count). The van der Waals surface area contributed by atoms with Crippen molar-refractivity contribution < 1.29 is 23.4 Å². The van der Waals surface area contributed by atoms with Crippen LogP contribution in [0.1, 0.15) is 59.5 Å². The summed E-state index contributed by atoms with van der Waals surface area (Å²) in [6, 6.07) is 5.54. The zero-order chi connectivity index (χ0) is 21.1. The lowest BCUT2D eigenvalue weighted by atomic mass is 9.88.